The van der Waals surface area contributed by atoms with Gasteiger partial charge in [-0.15, -0.1) is 0 Å². The van der Waals surface area contributed by atoms with Crippen LogP contribution in [0.1, 0.15) is 12.0 Å². The molecule has 0 saturated heterocycles. The van der Waals surface area contributed by atoms with E-state index in [1.54, 1.807) is 31.3 Å². The number of carbonyl (C=O) groups excluding carboxylic acids is 2. The number of ether oxygens (including phenoxy) is 1. The summed E-state index contributed by atoms with van der Waals surface area (Å²) in [5.74, 6) is 0.137. The molecular formula is C13H17N3O3S. The first-order chi connectivity index (χ1) is 9.52. The molecule has 108 valence electrons. The molecule has 20 heavy (non-hydrogen) atoms. The highest BCUT2D eigenvalue weighted by Crippen LogP contribution is 2.11. The van der Waals surface area contributed by atoms with E-state index in [9.17, 15) is 9.59 Å². The van der Waals surface area contributed by atoms with Crippen molar-refractivity contribution in [3.63, 3.8) is 0 Å². The Morgan fingerprint density at radius 3 is 2.45 bits per heavy atom. The lowest BCUT2D eigenvalue weighted by Gasteiger charge is -2.07. The molecule has 0 aliphatic heterocycles. The molecule has 0 aliphatic carbocycles. The van der Waals surface area contributed by atoms with Gasteiger partial charge in [0.1, 0.15) is 10.7 Å². The van der Waals surface area contributed by atoms with Crippen LogP contribution in [0.5, 0.6) is 5.75 Å². The Morgan fingerprint density at radius 1 is 1.25 bits per heavy atom. The van der Waals surface area contributed by atoms with Crippen molar-refractivity contribution in [2.24, 2.45) is 5.73 Å². The van der Waals surface area contributed by atoms with Gasteiger partial charge >= 0.3 is 0 Å². The fraction of sp³-hybridized carbons (Fsp3) is 0.308. The lowest BCUT2D eigenvalue weighted by Crippen LogP contribution is -2.32. The molecule has 0 fully saturated rings. The van der Waals surface area contributed by atoms with Crippen molar-refractivity contribution in [1.29, 1.82) is 0 Å². The zero-order valence-corrected chi connectivity index (χ0v) is 12.0. The first-order valence-corrected chi connectivity index (χ1v) is 6.43. The molecule has 0 radical (unpaired) electrons. The number of hydrogen-bond acceptors (Lipinski definition) is 4. The maximum Gasteiger partial charge on any atom is 0.257 e. The maximum absolute atomic E-state index is 11.5. The van der Waals surface area contributed by atoms with Crippen LogP contribution in [-0.4, -0.2) is 37.0 Å². The van der Waals surface area contributed by atoms with Crippen LogP contribution in [0.3, 0.4) is 0 Å². The topological polar surface area (TPSA) is 93.5 Å². The van der Waals surface area contributed by atoms with Gasteiger partial charge in [0.2, 0.25) is 5.91 Å². The molecule has 0 unspecified atom stereocenters. The van der Waals surface area contributed by atoms with E-state index in [0.29, 0.717) is 10.7 Å². The molecule has 0 aromatic heterocycles. The van der Waals surface area contributed by atoms with E-state index in [1.807, 2.05) is 0 Å². The fourth-order valence-electron chi connectivity index (χ4n) is 1.36. The average Bonchev–Trinajstić information content (AvgIpc) is 2.45. The minimum atomic E-state index is -0.285. The van der Waals surface area contributed by atoms with Gasteiger partial charge in [0.15, 0.2) is 6.61 Å². The van der Waals surface area contributed by atoms with E-state index in [2.05, 4.69) is 10.6 Å². The van der Waals surface area contributed by atoms with Crippen LogP contribution < -0.4 is 21.1 Å². The molecule has 1 rings (SSSR count). The third-order valence-electron chi connectivity index (χ3n) is 2.46. The van der Waals surface area contributed by atoms with Crippen molar-refractivity contribution in [1.82, 2.24) is 10.6 Å². The Kier molecular flexibility index (Phi) is 6.45. The van der Waals surface area contributed by atoms with E-state index in [4.69, 9.17) is 22.7 Å². The molecule has 2 amide bonds. The first kappa shape index (κ1) is 15.9. The van der Waals surface area contributed by atoms with Gasteiger partial charge in [0.25, 0.3) is 5.91 Å². The highest BCUT2D eigenvalue weighted by atomic mass is 32.1. The van der Waals surface area contributed by atoms with E-state index in [-0.39, 0.29) is 31.4 Å². The first-order valence-electron chi connectivity index (χ1n) is 6.03. The molecule has 0 aliphatic rings. The van der Waals surface area contributed by atoms with Crippen LogP contribution in [0, 0.1) is 0 Å². The average molecular weight is 295 g/mol. The van der Waals surface area contributed by atoms with Gasteiger partial charge < -0.3 is 21.1 Å². The Morgan fingerprint density at radius 2 is 1.90 bits per heavy atom. The van der Waals surface area contributed by atoms with Crippen molar-refractivity contribution >= 4 is 29.0 Å². The molecule has 0 spiro atoms. The number of thiocarbonyl (C=S) groups is 1. The van der Waals surface area contributed by atoms with Crippen LogP contribution in [0.15, 0.2) is 24.3 Å². The third kappa shape index (κ3) is 5.66. The van der Waals surface area contributed by atoms with Crippen LogP contribution in [0.4, 0.5) is 0 Å². The van der Waals surface area contributed by atoms with E-state index >= 15 is 0 Å². The van der Waals surface area contributed by atoms with Crippen LogP contribution in [0.25, 0.3) is 0 Å². The lowest BCUT2D eigenvalue weighted by atomic mass is 10.2. The molecule has 1 aromatic carbocycles. The van der Waals surface area contributed by atoms with Crippen molar-refractivity contribution in [3.8, 4) is 5.75 Å². The zero-order chi connectivity index (χ0) is 15.0. The second-order valence-corrected chi connectivity index (χ2v) is 4.39. The predicted octanol–water partition coefficient (Wildman–Crippen LogP) is -0.0481. The Hall–Kier alpha value is -2.15. The molecule has 0 atom stereocenters. The van der Waals surface area contributed by atoms with Gasteiger partial charge in [-0.2, -0.15) is 0 Å². The number of benzene rings is 1. The van der Waals surface area contributed by atoms with Gasteiger partial charge in [-0.25, -0.2) is 0 Å². The summed E-state index contributed by atoms with van der Waals surface area (Å²) in [6.45, 7) is 0.169. The summed E-state index contributed by atoms with van der Waals surface area (Å²) in [7, 11) is 1.55. The number of hydrogen-bond donors (Lipinski definition) is 3. The number of amides is 2. The SMILES string of the molecule is CNC(=O)CCNC(=O)COc1ccc(C(N)=S)cc1. The van der Waals surface area contributed by atoms with Crippen LogP contribution in [-0.2, 0) is 9.59 Å². The molecule has 0 saturated carbocycles. The predicted molar refractivity (Wildman–Crippen MR) is 79.5 cm³/mol. The number of nitrogens with two attached hydrogens (primary N) is 1. The normalized spacial score (nSPS) is 9.65. The monoisotopic (exact) mass is 295 g/mol. The summed E-state index contributed by atoms with van der Waals surface area (Å²) in [5.41, 5.74) is 6.21. The Labute approximate surface area is 122 Å². The van der Waals surface area contributed by atoms with Gasteiger partial charge in [0.05, 0.1) is 0 Å². The number of rotatable bonds is 7. The van der Waals surface area contributed by atoms with Crippen molar-refractivity contribution in [2.75, 3.05) is 20.2 Å². The zero-order valence-electron chi connectivity index (χ0n) is 11.1. The maximum atomic E-state index is 11.5. The lowest BCUT2D eigenvalue weighted by molar-refractivity contribution is -0.123. The van der Waals surface area contributed by atoms with E-state index < -0.39 is 0 Å². The summed E-state index contributed by atoms with van der Waals surface area (Å²) in [6, 6.07) is 6.82. The van der Waals surface area contributed by atoms with E-state index in [0.717, 1.165) is 5.56 Å². The molecule has 6 nitrogen and oxygen atoms in total. The summed E-state index contributed by atoms with van der Waals surface area (Å²) in [4.78, 5) is 22.7. The minimum absolute atomic E-state index is 0.111. The molecule has 0 heterocycles. The van der Waals surface area contributed by atoms with Crippen LogP contribution >= 0.6 is 12.2 Å². The van der Waals surface area contributed by atoms with Crippen LogP contribution in [0.2, 0.25) is 0 Å². The second kappa shape index (κ2) is 8.11. The molecule has 4 N–H and O–H groups in total. The number of carbonyl (C=O) groups is 2. The fourth-order valence-corrected chi connectivity index (χ4v) is 1.49. The Balaban J connectivity index is 2.30. The van der Waals surface area contributed by atoms with Crippen molar-refractivity contribution in [3.05, 3.63) is 29.8 Å². The van der Waals surface area contributed by atoms with Gasteiger partial charge in [-0.05, 0) is 24.3 Å². The van der Waals surface area contributed by atoms with E-state index in [1.165, 1.54) is 0 Å². The molecular weight excluding hydrogens is 278 g/mol. The quantitative estimate of drug-likeness (QED) is 0.613. The second-order valence-electron chi connectivity index (χ2n) is 3.95. The van der Waals surface area contributed by atoms with Gasteiger partial charge in [-0.1, -0.05) is 12.2 Å². The standard InChI is InChI=1S/C13H17N3O3S/c1-15-11(17)6-7-16-12(18)8-19-10-4-2-9(3-5-10)13(14)20/h2-5H,6-8H2,1H3,(H2,14,20)(H,15,17)(H,16,18). The highest BCUT2D eigenvalue weighted by molar-refractivity contribution is 7.80. The summed E-state index contributed by atoms with van der Waals surface area (Å²) >= 11 is 4.83. The van der Waals surface area contributed by atoms with Gasteiger partial charge in [0, 0.05) is 25.6 Å². The minimum Gasteiger partial charge on any atom is -0.484 e. The third-order valence-corrected chi connectivity index (χ3v) is 2.70. The summed E-state index contributed by atoms with van der Waals surface area (Å²) in [5, 5.41) is 5.05. The molecule has 7 heteroatoms. The largest absolute Gasteiger partial charge is 0.484 e. The molecule has 1 aromatic rings. The number of nitrogens with one attached hydrogen (secondary N) is 2. The Bertz CT molecular complexity index is 488. The summed E-state index contributed by atoms with van der Waals surface area (Å²) < 4.78 is 5.29. The van der Waals surface area contributed by atoms with Gasteiger partial charge in [-0.3, -0.25) is 9.59 Å². The van der Waals surface area contributed by atoms with Crippen molar-refractivity contribution in [2.45, 2.75) is 6.42 Å². The van der Waals surface area contributed by atoms with Crippen molar-refractivity contribution < 1.29 is 14.3 Å². The molecule has 0 bridgehead atoms. The highest BCUT2D eigenvalue weighted by Gasteiger charge is 2.04. The summed E-state index contributed by atoms with van der Waals surface area (Å²) in [6.07, 6.45) is 0.241. The smallest absolute Gasteiger partial charge is 0.257 e.